The zero-order valence-corrected chi connectivity index (χ0v) is 9.74. The lowest BCUT2D eigenvalue weighted by Gasteiger charge is -2.39. The van der Waals surface area contributed by atoms with Crippen LogP contribution in [0.3, 0.4) is 0 Å². The summed E-state index contributed by atoms with van der Waals surface area (Å²) in [6.45, 7) is 1.56. The molecular weight excluding hydrogens is 206 g/mol. The van der Waals surface area contributed by atoms with E-state index in [4.69, 9.17) is 5.11 Å². The molecule has 1 saturated carbocycles. The summed E-state index contributed by atoms with van der Waals surface area (Å²) in [5, 5.41) is 9.03. The van der Waals surface area contributed by atoms with Crippen LogP contribution >= 0.6 is 0 Å². The van der Waals surface area contributed by atoms with Crippen LogP contribution in [-0.2, 0) is 9.59 Å². The van der Waals surface area contributed by atoms with E-state index in [0.717, 1.165) is 25.7 Å². The number of piperidine rings is 1. The molecule has 2 rings (SSSR count). The van der Waals surface area contributed by atoms with Crippen molar-refractivity contribution in [2.45, 2.75) is 51.5 Å². The fourth-order valence-electron chi connectivity index (χ4n) is 3.07. The molecule has 1 aliphatic carbocycles. The fourth-order valence-corrected chi connectivity index (χ4v) is 3.07. The van der Waals surface area contributed by atoms with Crippen molar-refractivity contribution in [3.8, 4) is 0 Å². The molecule has 1 unspecified atom stereocenters. The number of amides is 2. The molecule has 16 heavy (non-hydrogen) atoms. The Labute approximate surface area is 95.6 Å². The van der Waals surface area contributed by atoms with Crippen LogP contribution < -0.4 is 0 Å². The van der Waals surface area contributed by atoms with E-state index in [9.17, 15) is 9.59 Å². The quantitative estimate of drug-likeness (QED) is 0.715. The van der Waals surface area contributed by atoms with Gasteiger partial charge in [-0.2, -0.15) is 0 Å². The maximum atomic E-state index is 12.0. The average Bonchev–Trinajstić information content (AvgIpc) is 2.64. The summed E-state index contributed by atoms with van der Waals surface area (Å²) in [6, 6.07) is -0.376. The van der Waals surface area contributed by atoms with Crippen LogP contribution in [-0.4, -0.2) is 34.5 Å². The highest BCUT2D eigenvalue weighted by Gasteiger charge is 2.45. The van der Waals surface area contributed by atoms with E-state index in [1.165, 1.54) is 4.90 Å². The van der Waals surface area contributed by atoms with E-state index >= 15 is 0 Å². The molecule has 1 aliphatic heterocycles. The highest BCUT2D eigenvalue weighted by Crippen LogP contribution is 2.47. The second-order valence-corrected chi connectivity index (χ2v) is 5.25. The number of nitrogens with zero attached hydrogens (tertiary/aromatic N) is 1. The Bertz CT molecular complexity index is 287. The zero-order valence-electron chi connectivity index (χ0n) is 9.74. The predicted octanol–water partition coefficient (Wildman–Crippen LogP) is 1.08. The predicted molar refractivity (Wildman–Crippen MR) is 58.5 cm³/mol. The Hall–Kier alpha value is -0.900. The third kappa shape index (κ3) is 1.86. The molecule has 2 aliphatic rings. The highest BCUT2D eigenvalue weighted by molar-refractivity contribution is 5.99. The van der Waals surface area contributed by atoms with Gasteiger partial charge in [0, 0.05) is 12.8 Å². The van der Waals surface area contributed by atoms with Gasteiger partial charge in [-0.1, -0.05) is 12.8 Å². The van der Waals surface area contributed by atoms with Crippen LogP contribution in [0, 0.1) is 5.41 Å². The molecule has 2 amide bonds. The van der Waals surface area contributed by atoms with Gasteiger partial charge in [0.15, 0.2) is 0 Å². The number of aliphatic hydroxyl groups excluding tert-OH is 1. The minimum Gasteiger partial charge on any atom is -0.394 e. The largest absolute Gasteiger partial charge is 0.394 e. The summed E-state index contributed by atoms with van der Waals surface area (Å²) in [4.78, 5) is 25.2. The maximum absolute atomic E-state index is 12.0. The van der Waals surface area contributed by atoms with Gasteiger partial charge in [-0.3, -0.25) is 14.5 Å². The van der Waals surface area contributed by atoms with Gasteiger partial charge in [0.2, 0.25) is 11.8 Å². The molecule has 4 nitrogen and oxygen atoms in total. The topological polar surface area (TPSA) is 57.6 Å². The first-order valence-corrected chi connectivity index (χ1v) is 6.04. The monoisotopic (exact) mass is 225 g/mol. The molecule has 0 aromatic carbocycles. The van der Waals surface area contributed by atoms with Gasteiger partial charge < -0.3 is 5.11 Å². The van der Waals surface area contributed by atoms with E-state index in [2.05, 4.69) is 0 Å². The summed E-state index contributed by atoms with van der Waals surface area (Å²) in [6.07, 6.45) is 5.26. The van der Waals surface area contributed by atoms with Crippen LogP contribution in [0.2, 0.25) is 0 Å². The number of hydrogen-bond donors (Lipinski definition) is 1. The molecule has 4 heteroatoms. The van der Waals surface area contributed by atoms with Gasteiger partial charge >= 0.3 is 0 Å². The lowest BCUT2D eigenvalue weighted by molar-refractivity contribution is -0.156. The molecule has 1 spiro atoms. The molecule has 0 radical (unpaired) electrons. The Kier molecular flexibility index (Phi) is 3.02. The van der Waals surface area contributed by atoms with Crippen molar-refractivity contribution in [1.29, 1.82) is 0 Å². The average molecular weight is 225 g/mol. The van der Waals surface area contributed by atoms with E-state index in [-0.39, 0.29) is 29.9 Å². The van der Waals surface area contributed by atoms with Gasteiger partial charge in [0.1, 0.15) is 0 Å². The number of imide groups is 1. The number of carbonyl (C=O) groups is 2. The molecule has 90 valence electrons. The summed E-state index contributed by atoms with van der Waals surface area (Å²) in [7, 11) is 0. The maximum Gasteiger partial charge on any atom is 0.230 e. The number of hydrogen-bond acceptors (Lipinski definition) is 3. The van der Waals surface area contributed by atoms with Crippen molar-refractivity contribution in [2.75, 3.05) is 6.61 Å². The molecular formula is C12H19NO3. The molecule has 1 heterocycles. The molecule has 2 fully saturated rings. The number of carbonyl (C=O) groups excluding carboxylic acids is 2. The van der Waals surface area contributed by atoms with E-state index < -0.39 is 0 Å². The summed E-state index contributed by atoms with van der Waals surface area (Å²) in [5.74, 6) is -0.195. The first-order chi connectivity index (χ1) is 7.58. The van der Waals surface area contributed by atoms with Crippen LogP contribution in [0.5, 0.6) is 0 Å². The van der Waals surface area contributed by atoms with Gasteiger partial charge in [-0.05, 0) is 25.2 Å². The number of aliphatic hydroxyl groups is 1. The summed E-state index contributed by atoms with van der Waals surface area (Å²) >= 11 is 0. The Morgan fingerprint density at radius 1 is 1.25 bits per heavy atom. The third-order valence-electron chi connectivity index (χ3n) is 3.96. The lowest BCUT2D eigenvalue weighted by atomic mass is 9.76. The van der Waals surface area contributed by atoms with E-state index in [1.54, 1.807) is 6.92 Å². The number of likely N-dealkylation sites (tertiary alicyclic amines) is 1. The fraction of sp³-hybridized carbons (Fsp3) is 0.833. The summed E-state index contributed by atoms with van der Waals surface area (Å²) in [5.41, 5.74) is -0.0418. The summed E-state index contributed by atoms with van der Waals surface area (Å²) < 4.78 is 0. The smallest absolute Gasteiger partial charge is 0.230 e. The zero-order chi connectivity index (χ0) is 11.8. The first kappa shape index (κ1) is 11.6. The molecule has 0 aromatic rings. The molecule has 1 saturated heterocycles. The van der Waals surface area contributed by atoms with Crippen molar-refractivity contribution >= 4 is 11.8 Å². The molecule has 1 N–H and O–H groups in total. The van der Waals surface area contributed by atoms with E-state index in [1.807, 2.05) is 0 Å². The Morgan fingerprint density at radius 2 is 1.75 bits per heavy atom. The second kappa shape index (κ2) is 4.17. The lowest BCUT2D eigenvalue weighted by Crippen LogP contribution is -2.52. The SMILES string of the molecule is CC(CO)N1C(=O)CC2(CCCC2)CC1=O. The third-order valence-corrected chi connectivity index (χ3v) is 3.96. The minimum absolute atomic E-state index is 0.0418. The normalized spacial score (nSPS) is 26.5. The molecule has 0 bridgehead atoms. The van der Waals surface area contributed by atoms with Gasteiger partial charge in [-0.25, -0.2) is 0 Å². The minimum atomic E-state index is -0.376. The second-order valence-electron chi connectivity index (χ2n) is 5.25. The Morgan fingerprint density at radius 3 is 2.19 bits per heavy atom. The van der Waals surface area contributed by atoms with Gasteiger partial charge in [0.05, 0.1) is 12.6 Å². The standard InChI is InChI=1S/C12H19NO3/c1-9(8-14)13-10(15)6-12(7-11(13)16)4-2-3-5-12/h9,14H,2-8H2,1H3. The van der Waals surface area contributed by atoms with Gasteiger partial charge in [-0.15, -0.1) is 0 Å². The van der Waals surface area contributed by atoms with Crippen molar-refractivity contribution in [2.24, 2.45) is 5.41 Å². The van der Waals surface area contributed by atoms with Crippen LogP contribution in [0.1, 0.15) is 45.4 Å². The molecule has 0 aromatic heterocycles. The van der Waals surface area contributed by atoms with Crippen LogP contribution in [0.25, 0.3) is 0 Å². The van der Waals surface area contributed by atoms with E-state index in [0.29, 0.717) is 12.8 Å². The van der Waals surface area contributed by atoms with Crippen molar-refractivity contribution in [3.05, 3.63) is 0 Å². The molecule has 1 atom stereocenters. The van der Waals surface area contributed by atoms with Crippen molar-refractivity contribution in [3.63, 3.8) is 0 Å². The highest BCUT2D eigenvalue weighted by atomic mass is 16.3. The van der Waals surface area contributed by atoms with Crippen LogP contribution in [0.4, 0.5) is 0 Å². The van der Waals surface area contributed by atoms with Gasteiger partial charge in [0.25, 0.3) is 0 Å². The van der Waals surface area contributed by atoms with Crippen molar-refractivity contribution in [1.82, 2.24) is 4.90 Å². The first-order valence-electron chi connectivity index (χ1n) is 6.04. The van der Waals surface area contributed by atoms with Crippen LogP contribution in [0.15, 0.2) is 0 Å². The van der Waals surface area contributed by atoms with Crippen molar-refractivity contribution < 1.29 is 14.7 Å². The Balaban J connectivity index is 2.13. The number of rotatable bonds is 2.